The summed E-state index contributed by atoms with van der Waals surface area (Å²) >= 11 is 0. The van der Waals surface area contributed by atoms with Crippen molar-refractivity contribution in [3.8, 4) is 0 Å². The third-order valence-electron chi connectivity index (χ3n) is 7.10. The van der Waals surface area contributed by atoms with E-state index < -0.39 is 0 Å². The lowest BCUT2D eigenvalue weighted by molar-refractivity contribution is -0.118. The number of rotatable bonds is 8. The van der Waals surface area contributed by atoms with Gasteiger partial charge in [-0.1, -0.05) is 25.1 Å². The maximum atomic E-state index is 13.0. The molecule has 0 aliphatic carbocycles. The molecule has 0 saturated carbocycles. The van der Waals surface area contributed by atoms with Gasteiger partial charge in [-0.05, 0) is 81.5 Å². The SMILES string of the molecule is CCCN(CC(=O)Nc1ccc(N2CCCC2)cc1C)C1CCN(C(=O)c2ccccc2)CC1. The van der Waals surface area contributed by atoms with Crippen molar-refractivity contribution >= 4 is 23.2 Å². The molecule has 0 radical (unpaired) electrons. The van der Waals surface area contributed by atoms with Crippen molar-refractivity contribution < 1.29 is 9.59 Å². The van der Waals surface area contributed by atoms with Crippen molar-refractivity contribution in [2.24, 2.45) is 0 Å². The molecule has 182 valence electrons. The maximum absolute atomic E-state index is 13.0. The molecule has 2 aliphatic rings. The van der Waals surface area contributed by atoms with E-state index in [4.69, 9.17) is 0 Å². The molecule has 0 bridgehead atoms. The number of piperidine rings is 1. The van der Waals surface area contributed by atoms with E-state index in [-0.39, 0.29) is 11.8 Å². The maximum Gasteiger partial charge on any atom is 0.253 e. The number of nitrogens with one attached hydrogen (secondary N) is 1. The number of amides is 2. The molecule has 0 aromatic heterocycles. The van der Waals surface area contributed by atoms with Crippen LogP contribution in [0, 0.1) is 6.92 Å². The number of nitrogens with zero attached hydrogens (tertiary/aromatic N) is 3. The van der Waals surface area contributed by atoms with E-state index >= 15 is 0 Å². The number of anilines is 2. The Morgan fingerprint density at radius 1 is 1.00 bits per heavy atom. The van der Waals surface area contributed by atoms with Crippen LogP contribution in [-0.4, -0.2) is 66.9 Å². The summed E-state index contributed by atoms with van der Waals surface area (Å²) in [5, 5.41) is 3.14. The molecule has 2 fully saturated rings. The van der Waals surface area contributed by atoms with Gasteiger partial charge < -0.3 is 15.1 Å². The van der Waals surface area contributed by atoms with Crippen LogP contribution >= 0.6 is 0 Å². The van der Waals surface area contributed by atoms with Gasteiger partial charge in [-0.25, -0.2) is 0 Å². The van der Waals surface area contributed by atoms with E-state index in [1.807, 2.05) is 41.3 Å². The van der Waals surface area contributed by atoms with Crippen LogP contribution in [-0.2, 0) is 4.79 Å². The van der Waals surface area contributed by atoms with E-state index in [2.05, 4.69) is 41.1 Å². The third-order valence-corrected chi connectivity index (χ3v) is 7.10. The van der Waals surface area contributed by atoms with Gasteiger partial charge >= 0.3 is 0 Å². The molecule has 6 nitrogen and oxygen atoms in total. The van der Waals surface area contributed by atoms with Gasteiger partial charge in [-0.3, -0.25) is 14.5 Å². The summed E-state index contributed by atoms with van der Waals surface area (Å²) < 4.78 is 0. The second kappa shape index (κ2) is 11.5. The second-order valence-electron chi connectivity index (χ2n) is 9.60. The van der Waals surface area contributed by atoms with Crippen LogP contribution in [0.3, 0.4) is 0 Å². The Labute approximate surface area is 203 Å². The minimum absolute atomic E-state index is 0.0354. The fourth-order valence-corrected chi connectivity index (χ4v) is 5.21. The Hall–Kier alpha value is -2.86. The van der Waals surface area contributed by atoms with Crippen LogP contribution in [0.2, 0.25) is 0 Å². The Balaban J connectivity index is 1.31. The number of carbonyl (C=O) groups excluding carboxylic acids is 2. The summed E-state index contributed by atoms with van der Waals surface area (Å²) in [4.78, 5) is 32.4. The second-order valence-corrected chi connectivity index (χ2v) is 9.60. The Bertz CT molecular complexity index is 964. The highest BCUT2D eigenvalue weighted by Crippen LogP contribution is 2.26. The number of benzene rings is 2. The van der Waals surface area contributed by atoms with Gasteiger partial charge in [0.25, 0.3) is 5.91 Å². The predicted molar refractivity (Wildman–Crippen MR) is 138 cm³/mol. The molecule has 2 saturated heterocycles. The lowest BCUT2D eigenvalue weighted by Gasteiger charge is -2.38. The van der Waals surface area contributed by atoms with Crippen molar-refractivity contribution in [1.29, 1.82) is 0 Å². The highest BCUT2D eigenvalue weighted by Gasteiger charge is 2.28. The van der Waals surface area contributed by atoms with E-state index in [9.17, 15) is 9.59 Å². The fourth-order valence-electron chi connectivity index (χ4n) is 5.21. The molecule has 2 aliphatic heterocycles. The van der Waals surface area contributed by atoms with Crippen LogP contribution in [0.4, 0.5) is 11.4 Å². The van der Waals surface area contributed by atoms with E-state index in [0.29, 0.717) is 12.6 Å². The summed E-state index contributed by atoms with van der Waals surface area (Å²) in [5.74, 6) is 0.139. The quantitative estimate of drug-likeness (QED) is 0.625. The zero-order valence-corrected chi connectivity index (χ0v) is 20.6. The molecule has 0 atom stereocenters. The van der Waals surface area contributed by atoms with Crippen LogP contribution < -0.4 is 10.2 Å². The van der Waals surface area contributed by atoms with Crippen molar-refractivity contribution in [3.63, 3.8) is 0 Å². The minimum atomic E-state index is 0.0354. The zero-order chi connectivity index (χ0) is 23.9. The Morgan fingerprint density at radius 2 is 1.71 bits per heavy atom. The normalized spacial score (nSPS) is 16.8. The topological polar surface area (TPSA) is 55.9 Å². The molecule has 6 heteroatoms. The summed E-state index contributed by atoms with van der Waals surface area (Å²) in [5.41, 5.74) is 3.99. The number of aryl methyl sites for hydroxylation is 1. The van der Waals surface area contributed by atoms with E-state index in [0.717, 1.165) is 68.8 Å². The van der Waals surface area contributed by atoms with Crippen molar-refractivity contribution in [1.82, 2.24) is 9.80 Å². The number of carbonyl (C=O) groups is 2. The average Bonchev–Trinajstić information content (AvgIpc) is 3.40. The first-order valence-corrected chi connectivity index (χ1v) is 12.8. The first kappa shape index (κ1) is 24.3. The standard InChI is InChI=1S/C28H38N4O2/c1-3-15-32(24-13-18-31(19-14-24)28(34)23-9-5-4-6-10-23)21-27(33)29-26-12-11-25(20-22(26)2)30-16-7-8-17-30/h4-6,9-12,20,24H,3,7-8,13-19,21H2,1-2H3,(H,29,33). The van der Waals surface area contributed by atoms with Crippen molar-refractivity contribution in [2.45, 2.75) is 52.0 Å². The molecule has 1 N–H and O–H groups in total. The highest BCUT2D eigenvalue weighted by atomic mass is 16.2. The number of likely N-dealkylation sites (tertiary alicyclic amines) is 1. The lowest BCUT2D eigenvalue weighted by Crippen LogP contribution is -2.49. The van der Waals surface area contributed by atoms with Gasteiger partial charge in [0.2, 0.25) is 5.91 Å². The minimum Gasteiger partial charge on any atom is -0.372 e. The highest BCUT2D eigenvalue weighted by molar-refractivity contribution is 5.94. The van der Waals surface area contributed by atoms with Gasteiger partial charge in [0, 0.05) is 49.2 Å². The van der Waals surface area contributed by atoms with Gasteiger partial charge in [0.05, 0.1) is 6.54 Å². The third kappa shape index (κ3) is 5.98. The van der Waals surface area contributed by atoms with Crippen molar-refractivity contribution in [3.05, 3.63) is 59.7 Å². The molecule has 34 heavy (non-hydrogen) atoms. The van der Waals surface area contributed by atoms with Crippen LogP contribution in [0.1, 0.15) is 54.9 Å². The number of hydrogen-bond donors (Lipinski definition) is 1. The summed E-state index contributed by atoms with van der Waals surface area (Å²) in [6, 6.07) is 16.2. The average molecular weight is 463 g/mol. The van der Waals surface area contributed by atoms with Gasteiger partial charge in [-0.15, -0.1) is 0 Å². The fraction of sp³-hybridized carbons (Fsp3) is 0.500. The molecular formula is C28H38N4O2. The molecule has 0 unspecified atom stereocenters. The zero-order valence-electron chi connectivity index (χ0n) is 20.6. The first-order chi connectivity index (χ1) is 16.5. The van der Waals surface area contributed by atoms with Crippen molar-refractivity contribution in [2.75, 3.05) is 49.5 Å². The van der Waals surface area contributed by atoms with E-state index in [1.54, 1.807) is 0 Å². The largest absolute Gasteiger partial charge is 0.372 e. The Kier molecular flexibility index (Phi) is 8.22. The summed E-state index contributed by atoms with van der Waals surface area (Å²) in [7, 11) is 0. The number of hydrogen-bond acceptors (Lipinski definition) is 4. The first-order valence-electron chi connectivity index (χ1n) is 12.8. The molecule has 2 aromatic rings. The van der Waals surface area contributed by atoms with E-state index in [1.165, 1.54) is 18.5 Å². The molecule has 0 spiro atoms. The van der Waals surface area contributed by atoms with Gasteiger partial charge in [0.15, 0.2) is 0 Å². The lowest BCUT2D eigenvalue weighted by atomic mass is 10.0. The van der Waals surface area contributed by atoms with Gasteiger partial charge in [-0.2, -0.15) is 0 Å². The molecule has 4 rings (SSSR count). The van der Waals surface area contributed by atoms with Crippen LogP contribution in [0.25, 0.3) is 0 Å². The van der Waals surface area contributed by atoms with Crippen LogP contribution in [0.15, 0.2) is 48.5 Å². The molecule has 2 aromatic carbocycles. The smallest absolute Gasteiger partial charge is 0.253 e. The molecular weight excluding hydrogens is 424 g/mol. The monoisotopic (exact) mass is 462 g/mol. The molecule has 2 amide bonds. The molecule has 2 heterocycles. The predicted octanol–water partition coefficient (Wildman–Crippen LogP) is 4.55. The van der Waals surface area contributed by atoms with Gasteiger partial charge in [0.1, 0.15) is 0 Å². The van der Waals surface area contributed by atoms with Crippen LogP contribution in [0.5, 0.6) is 0 Å². The summed E-state index contributed by atoms with van der Waals surface area (Å²) in [6.07, 6.45) is 5.30. The summed E-state index contributed by atoms with van der Waals surface area (Å²) in [6.45, 7) is 9.20. The Morgan fingerprint density at radius 3 is 2.35 bits per heavy atom.